The predicted octanol–water partition coefficient (Wildman–Crippen LogP) is 2.19. The first-order valence-electron chi connectivity index (χ1n) is 6.00. The van der Waals surface area contributed by atoms with Crippen molar-refractivity contribution < 1.29 is 17.6 Å². The maximum absolute atomic E-state index is 13.5. The molecular weight excluding hydrogens is 315 g/mol. The van der Waals surface area contributed by atoms with Crippen LogP contribution in [0.2, 0.25) is 0 Å². The van der Waals surface area contributed by atoms with E-state index in [1.54, 1.807) is 16.8 Å². The molecular formula is C13H13FN2O3S2. The first kappa shape index (κ1) is 15.6. The van der Waals surface area contributed by atoms with E-state index in [-0.39, 0.29) is 0 Å². The molecule has 112 valence electrons. The molecule has 2 aromatic rings. The van der Waals surface area contributed by atoms with E-state index in [9.17, 15) is 17.6 Å². The van der Waals surface area contributed by atoms with Gasteiger partial charge in [-0.15, -0.1) is 0 Å². The molecule has 5 nitrogen and oxygen atoms in total. The molecule has 0 fully saturated rings. The van der Waals surface area contributed by atoms with Crippen molar-refractivity contribution in [2.45, 2.75) is 17.9 Å². The second kappa shape index (κ2) is 6.33. The number of benzene rings is 1. The number of carbonyl (C=O) groups is 1. The van der Waals surface area contributed by atoms with Gasteiger partial charge in [-0.05, 0) is 30.5 Å². The van der Waals surface area contributed by atoms with Gasteiger partial charge < -0.3 is 5.32 Å². The minimum absolute atomic E-state index is 0.486. The zero-order chi connectivity index (χ0) is 15.5. The Kier molecular flexibility index (Phi) is 4.71. The first-order chi connectivity index (χ1) is 9.90. The molecule has 1 aromatic heterocycles. The quantitative estimate of drug-likeness (QED) is 0.883. The molecule has 1 atom stereocenters. The van der Waals surface area contributed by atoms with Gasteiger partial charge in [-0.3, -0.25) is 4.79 Å². The second-order valence-electron chi connectivity index (χ2n) is 4.27. The lowest BCUT2D eigenvalue weighted by Gasteiger charge is -2.14. The van der Waals surface area contributed by atoms with Gasteiger partial charge in [-0.25, -0.2) is 12.8 Å². The van der Waals surface area contributed by atoms with Gasteiger partial charge in [-0.1, -0.05) is 12.1 Å². The van der Waals surface area contributed by atoms with E-state index in [2.05, 4.69) is 10.0 Å². The van der Waals surface area contributed by atoms with Crippen LogP contribution in [0.5, 0.6) is 0 Å². The zero-order valence-electron chi connectivity index (χ0n) is 11.0. The summed E-state index contributed by atoms with van der Waals surface area (Å²) in [5.41, 5.74) is 0.585. The third-order valence-corrected chi connectivity index (χ3v) is 4.90. The number of rotatable bonds is 5. The molecule has 0 saturated carbocycles. The topological polar surface area (TPSA) is 75.3 Å². The van der Waals surface area contributed by atoms with Crippen molar-refractivity contribution in [1.82, 2.24) is 4.72 Å². The number of carbonyl (C=O) groups excluding carboxylic acids is 1. The minimum Gasteiger partial charge on any atom is -0.324 e. The predicted molar refractivity (Wildman–Crippen MR) is 79.1 cm³/mol. The Bertz CT molecular complexity index is 730. The fourth-order valence-electron chi connectivity index (χ4n) is 1.60. The van der Waals surface area contributed by atoms with Gasteiger partial charge >= 0.3 is 0 Å². The molecule has 0 saturated heterocycles. The molecule has 8 heteroatoms. The second-order valence-corrected chi connectivity index (χ2v) is 6.74. The number of nitrogens with one attached hydrogen (secondary N) is 2. The highest BCUT2D eigenvalue weighted by Crippen LogP contribution is 2.15. The van der Waals surface area contributed by atoms with E-state index in [0.29, 0.717) is 5.69 Å². The van der Waals surface area contributed by atoms with E-state index in [4.69, 9.17) is 0 Å². The Labute approximate surface area is 125 Å². The van der Waals surface area contributed by atoms with Crippen LogP contribution in [0, 0.1) is 5.82 Å². The van der Waals surface area contributed by atoms with E-state index >= 15 is 0 Å². The number of halogens is 1. The summed E-state index contributed by atoms with van der Waals surface area (Å²) in [6.45, 7) is 1.39. The number of amides is 1. The van der Waals surface area contributed by atoms with Crippen molar-refractivity contribution in [3.63, 3.8) is 0 Å². The molecule has 1 heterocycles. The van der Waals surface area contributed by atoms with Gasteiger partial charge in [0.1, 0.15) is 10.7 Å². The molecule has 2 rings (SSSR count). The van der Waals surface area contributed by atoms with Crippen LogP contribution in [-0.4, -0.2) is 20.4 Å². The summed E-state index contributed by atoms with van der Waals surface area (Å²) >= 11 is 1.40. The Morgan fingerprint density at radius 2 is 2.00 bits per heavy atom. The molecule has 1 aromatic carbocycles. The number of hydrogen-bond donors (Lipinski definition) is 2. The lowest BCUT2D eigenvalue weighted by molar-refractivity contribution is -0.117. The smallest absolute Gasteiger partial charge is 0.244 e. The summed E-state index contributed by atoms with van der Waals surface area (Å²) in [7, 11) is -4.10. The van der Waals surface area contributed by atoms with Crippen molar-refractivity contribution in [3.05, 3.63) is 46.9 Å². The Balaban J connectivity index is 2.09. The van der Waals surface area contributed by atoms with Gasteiger partial charge in [0.05, 0.1) is 11.7 Å². The molecule has 0 radical (unpaired) electrons. The highest BCUT2D eigenvalue weighted by Gasteiger charge is 2.24. The van der Waals surface area contributed by atoms with Crippen molar-refractivity contribution in [2.24, 2.45) is 0 Å². The van der Waals surface area contributed by atoms with E-state index in [0.717, 1.165) is 12.1 Å². The summed E-state index contributed by atoms with van der Waals surface area (Å²) in [6.07, 6.45) is 0. The van der Waals surface area contributed by atoms with Gasteiger partial charge in [0.2, 0.25) is 15.9 Å². The number of thiophene rings is 1. The normalized spacial score (nSPS) is 12.9. The van der Waals surface area contributed by atoms with E-state index < -0.39 is 32.7 Å². The molecule has 0 aliphatic heterocycles. The van der Waals surface area contributed by atoms with Crippen LogP contribution in [0.4, 0.5) is 10.1 Å². The summed E-state index contributed by atoms with van der Waals surface area (Å²) in [5, 5.41) is 6.06. The lowest BCUT2D eigenvalue weighted by Crippen LogP contribution is -2.41. The highest BCUT2D eigenvalue weighted by molar-refractivity contribution is 7.89. The molecule has 0 unspecified atom stereocenters. The third-order valence-electron chi connectivity index (χ3n) is 2.64. The summed E-state index contributed by atoms with van der Waals surface area (Å²) in [4.78, 5) is 11.4. The monoisotopic (exact) mass is 328 g/mol. The van der Waals surface area contributed by atoms with Gasteiger partial charge in [0, 0.05) is 5.38 Å². The molecule has 0 spiro atoms. The average molecular weight is 328 g/mol. The molecule has 1 amide bonds. The third kappa shape index (κ3) is 3.87. The van der Waals surface area contributed by atoms with Crippen molar-refractivity contribution in [2.75, 3.05) is 5.32 Å². The zero-order valence-corrected chi connectivity index (χ0v) is 12.7. The maximum Gasteiger partial charge on any atom is 0.244 e. The average Bonchev–Trinajstić information content (AvgIpc) is 2.91. The summed E-state index contributed by atoms with van der Waals surface area (Å²) in [5.74, 6) is -1.39. The van der Waals surface area contributed by atoms with Crippen LogP contribution >= 0.6 is 11.3 Å². The van der Waals surface area contributed by atoms with Crippen LogP contribution < -0.4 is 10.0 Å². The molecule has 0 aliphatic rings. The van der Waals surface area contributed by atoms with Crippen molar-refractivity contribution >= 4 is 33.0 Å². The van der Waals surface area contributed by atoms with E-state index in [1.165, 1.54) is 30.4 Å². The van der Waals surface area contributed by atoms with Crippen molar-refractivity contribution in [1.29, 1.82) is 0 Å². The summed E-state index contributed by atoms with van der Waals surface area (Å²) < 4.78 is 39.8. The summed E-state index contributed by atoms with van der Waals surface area (Å²) in [6, 6.07) is 5.65. The van der Waals surface area contributed by atoms with Crippen LogP contribution in [0.1, 0.15) is 6.92 Å². The maximum atomic E-state index is 13.5. The molecule has 0 aliphatic carbocycles. The van der Waals surface area contributed by atoms with E-state index in [1.807, 2.05) is 0 Å². The fourth-order valence-corrected chi connectivity index (χ4v) is 3.47. The fraction of sp³-hybridized carbons (Fsp3) is 0.154. The van der Waals surface area contributed by atoms with Crippen molar-refractivity contribution in [3.8, 4) is 0 Å². The highest BCUT2D eigenvalue weighted by atomic mass is 32.2. The Hall–Kier alpha value is -1.77. The standard InChI is InChI=1S/C13H13FN2O3S2/c1-9(13(17)15-10-6-7-20-8-10)16-21(18,19)12-5-3-2-4-11(12)14/h2-9,16H,1H3,(H,15,17)/t9-/m0/s1. The lowest BCUT2D eigenvalue weighted by atomic mass is 10.3. The largest absolute Gasteiger partial charge is 0.324 e. The molecule has 2 N–H and O–H groups in total. The SMILES string of the molecule is C[C@H](NS(=O)(=O)c1ccccc1F)C(=O)Nc1ccsc1. The van der Waals surface area contributed by atoms with Crippen LogP contribution in [0.15, 0.2) is 46.0 Å². The van der Waals surface area contributed by atoms with Gasteiger partial charge in [0.15, 0.2) is 0 Å². The van der Waals surface area contributed by atoms with Gasteiger partial charge in [0.25, 0.3) is 0 Å². The molecule has 21 heavy (non-hydrogen) atoms. The van der Waals surface area contributed by atoms with Gasteiger partial charge in [-0.2, -0.15) is 16.1 Å². The number of hydrogen-bond acceptors (Lipinski definition) is 4. The minimum atomic E-state index is -4.10. The number of anilines is 1. The Morgan fingerprint density at radius 3 is 2.62 bits per heavy atom. The van der Waals surface area contributed by atoms with Crippen LogP contribution in [-0.2, 0) is 14.8 Å². The first-order valence-corrected chi connectivity index (χ1v) is 8.42. The number of sulfonamides is 1. The molecule has 0 bridgehead atoms. The van der Waals surface area contributed by atoms with Crippen LogP contribution in [0.3, 0.4) is 0 Å². The Morgan fingerprint density at radius 1 is 1.29 bits per heavy atom. The van der Waals surface area contributed by atoms with Crippen LogP contribution in [0.25, 0.3) is 0 Å².